The molecule has 0 saturated heterocycles. The van der Waals surface area contributed by atoms with Gasteiger partial charge in [0.15, 0.2) is 0 Å². The van der Waals surface area contributed by atoms with Crippen LogP contribution in [0.2, 0.25) is 0 Å². The lowest BCUT2D eigenvalue weighted by atomic mass is 9.90. The number of nitrogens with zero attached hydrogens (tertiary/aromatic N) is 3. The number of carbonyl (C=O) groups excluding carboxylic acids is 1. The standard InChI is InChI=1S/C21H22N4O2/c1-25(2)18-11-9-15(10-12-18)19(26)22-21-24-23-20(27-21)17-8-7-14-5-3-4-6-16(14)13-17/h7-13H,3-6H2,1-2H3,(H,22,24,26). The van der Waals surface area contributed by atoms with Crippen molar-refractivity contribution in [3.8, 4) is 11.5 Å². The fourth-order valence-corrected chi connectivity index (χ4v) is 3.34. The molecule has 6 nitrogen and oxygen atoms in total. The highest BCUT2D eigenvalue weighted by atomic mass is 16.4. The summed E-state index contributed by atoms with van der Waals surface area (Å²) < 4.78 is 5.65. The number of nitrogens with one attached hydrogen (secondary N) is 1. The second-order valence-electron chi connectivity index (χ2n) is 7.00. The van der Waals surface area contributed by atoms with E-state index in [4.69, 9.17) is 4.42 Å². The Morgan fingerprint density at radius 2 is 1.74 bits per heavy atom. The van der Waals surface area contributed by atoms with Gasteiger partial charge in [0.2, 0.25) is 5.89 Å². The third-order valence-electron chi connectivity index (χ3n) is 4.89. The first-order chi connectivity index (χ1) is 13.1. The van der Waals surface area contributed by atoms with Crippen LogP contribution in [0.25, 0.3) is 11.5 Å². The van der Waals surface area contributed by atoms with E-state index in [1.54, 1.807) is 12.1 Å². The van der Waals surface area contributed by atoms with Gasteiger partial charge in [-0.15, -0.1) is 5.10 Å². The van der Waals surface area contributed by atoms with E-state index in [1.807, 2.05) is 37.2 Å². The Balaban J connectivity index is 1.48. The number of carbonyl (C=O) groups is 1. The minimum Gasteiger partial charge on any atom is -0.403 e. The van der Waals surface area contributed by atoms with Crippen LogP contribution in [-0.4, -0.2) is 30.2 Å². The minimum atomic E-state index is -0.277. The van der Waals surface area contributed by atoms with E-state index in [0.29, 0.717) is 11.5 Å². The van der Waals surface area contributed by atoms with Crippen LogP contribution in [0.1, 0.15) is 34.3 Å². The molecular formula is C21H22N4O2. The summed E-state index contributed by atoms with van der Waals surface area (Å²) in [5, 5.41) is 10.7. The molecule has 4 rings (SSSR count). The average molecular weight is 362 g/mol. The van der Waals surface area contributed by atoms with Crippen LogP contribution in [0.4, 0.5) is 11.7 Å². The molecule has 2 aromatic carbocycles. The van der Waals surface area contributed by atoms with Gasteiger partial charge < -0.3 is 9.32 Å². The molecule has 1 N–H and O–H groups in total. The quantitative estimate of drug-likeness (QED) is 0.761. The molecule has 0 aliphatic heterocycles. The van der Waals surface area contributed by atoms with Crippen molar-refractivity contribution < 1.29 is 9.21 Å². The molecule has 6 heteroatoms. The summed E-state index contributed by atoms with van der Waals surface area (Å²) in [6.45, 7) is 0. The Hall–Kier alpha value is -3.15. The van der Waals surface area contributed by atoms with E-state index >= 15 is 0 Å². The molecule has 3 aromatic rings. The number of aryl methyl sites for hydroxylation is 2. The molecule has 1 aliphatic rings. The highest BCUT2D eigenvalue weighted by Gasteiger charge is 2.15. The van der Waals surface area contributed by atoms with Crippen LogP contribution < -0.4 is 10.2 Å². The Labute approximate surface area is 158 Å². The van der Waals surface area contributed by atoms with Crippen molar-refractivity contribution in [2.45, 2.75) is 25.7 Å². The van der Waals surface area contributed by atoms with Crippen LogP contribution in [0, 0.1) is 0 Å². The number of amides is 1. The molecule has 0 atom stereocenters. The van der Waals surface area contributed by atoms with E-state index in [1.165, 1.54) is 24.0 Å². The van der Waals surface area contributed by atoms with Gasteiger partial charge in [-0.25, -0.2) is 0 Å². The van der Waals surface area contributed by atoms with Crippen molar-refractivity contribution in [1.82, 2.24) is 10.2 Å². The molecule has 0 saturated carbocycles. The summed E-state index contributed by atoms with van der Waals surface area (Å²) >= 11 is 0. The van der Waals surface area contributed by atoms with Gasteiger partial charge in [0.05, 0.1) is 0 Å². The van der Waals surface area contributed by atoms with Gasteiger partial charge in [-0.1, -0.05) is 11.2 Å². The summed E-state index contributed by atoms with van der Waals surface area (Å²) in [6.07, 6.45) is 4.68. The lowest BCUT2D eigenvalue weighted by Gasteiger charge is -2.15. The zero-order chi connectivity index (χ0) is 18.8. The van der Waals surface area contributed by atoms with E-state index in [0.717, 1.165) is 24.1 Å². The number of fused-ring (bicyclic) bond motifs is 1. The maximum atomic E-state index is 12.4. The van der Waals surface area contributed by atoms with Gasteiger partial charge in [-0.05, 0) is 73.2 Å². The number of aromatic nitrogens is 2. The smallest absolute Gasteiger partial charge is 0.322 e. The lowest BCUT2D eigenvalue weighted by Crippen LogP contribution is -2.13. The van der Waals surface area contributed by atoms with Gasteiger partial charge in [-0.3, -0.25) is 10.1 Å². The van der Waals surface area contributed by atoms with Crippen LogP contribution in [0.3, 0.4) is 0 Å². The number of rotatable bonds is 4. The van der Waals surface area contributed by atoms with Crippen molar-refractivity contribution in [2.24, 2.45) is 0 Å². The number of hydrogen-bond acceptors (Lipinski definition) is 5. The molecule has 1 heterocycles. The SMILES string of the molecule is CN(C)c1ccc(C(=O)Nc2nnc(-c3ccc4c(c3)CCCC4)o2)cc1. The molecule has 0 spiro atoms. The third-order valence-corrected chi connectivity index (χ3v) is 4.89. The highest BCUT2D eigenvalue weighted by Crippen LogP contribution is 2.27. The average Bonchev–Trinajstić information content (AvgIpc) is 3.16. The van der Waals surface area contributed by atoms with E-state index < -0.39 is 0 Å². The minimum absolute atomic E-state index is 0.101. The molecule has 0 bridgehead atoms. The normalized spacial score (nSPS) is 13.1. The maximum absolute atomic E-state index is 12.4. The molecule has 0 fully saturated rings. The first kappa shape index (κ1) is 17.3. The highest BCUT2D eigenvalue weighted by molar-refractivity contribution is 6.03. The van der Waals surface area contributed by atoms with Gasteiger partial charge >= 0.3 is 6.01 Å². The molecule has 0 unspecified atom stereocenters. The van der Waals surface area contributed by atoms with Crippen LogP contribution >= 0.6 is 0 Å². The maximum Gasteiger partial charge on any atom is 0.322 e. The van der Waals surface area contributed by atoms with Crippen molar-refractivity contribution in [3.05, 3.63) is 59.2 Å². The van der Waals surface area contributed by atoms with Gasteiger partial charge in [0.25, 0.3) is 5.91 Å². The van der Waals surface area contributed by atoms with Crippen molar-refractivity contribution in [3.63, 3.8) is 0 Å². The molecule has 27 heavy (non-hydrogen) atoms. The topological polar surface area (TPSA) is 71.3 Å². The molecule has 1 aromatic heterocycles. The Bertz CT molecular complexity index is 961. The first-order valence-corrected chi connectivity index (χ1v) is 9.14. The monoisotopic (exact) mass is 362 g/mol. The lowest BCUT2D eigenvalue weighted by molar-refractivity contribution is 0.102. The summed E-state index contributed by atoms with van der Waals surface area (Å²) in [4.78, 5) is 14.4. The summed E-state index contributed by atoms with van der Waals surface area (Å²) in [7, 11) is 3.91. The summed E-state index contributed by atoms with van der Waals surface area (Å²) in [6, 6.07) is 13.7. The van der Waals surface area contributed by atoms with Crippen molar-refractivity contribution >= 4 is 17.6 Å². The molecule has 0 radical (unpaired) electrons. The van der Waals surface area contributed by atoms with Crippen molar-refractivity contribution in [1.29, 1.82) is 0 Å². The zero-order valence-corrected chi connectivity index (χ0v) is 15.5. The Morgan fingerprint density at radius 1 is 1.00 bits per heavy atom. The molecule has 138 valence electrons. The van der Waals surface area contributed by atoms with E-state index in [9.17, 15) is 4.79 Å². The Morgan fingerprint density at radius 3 is 2.48 bits per heavy atom. The first-order valence-electron chi connectivity index (χ1n) is 9.14. The molecule has 1 aliphatic carbocycles. The molecule has 1 amide bonds. The van der Waals surface area contributed by atoms with Gasteiger partial charge in [0.1, 0.15) is 0 Å². The van der Waals surface area contributed by atoms with E-state index in [2.05, 4.69) is 27.6 Å². The summed E-state index contributed by atoms with van der Waals surface area (Å²) in [5.74, 6) is 0.141. The van der Waals surface area contributed by atoms with E-state index in [-0.39, 0.29) is 11.9 Å². The second-order valence-corrected chi connectivity index (χ2v) is 7.00. The largest absolute Gasteiger partial charge is 0.403 e. The number of hydrogen-bond donors (Lipinski definition) is 1. The number of anilines is 2. The van der Waals surface area contributed by atoms with Crippen LogP contribution in [-0.2, 0) is 12.8 Å². The van der Waals surface area contributed by atoms with Crippen LogP contribution in [0.15, 0.2) is 46.9 Å². The summed E-state index contributed by atoms with van der Waals surface area (Å²) in [5.41, 5.74) is 5.20. The fraction of sp³-hybridized carbons (Fsp3) is 0.286. The fourth-order valence-electron chi connectivity index (χ4n) is 3.34. The molecular weight excluding hydrogens is 340 g/mol. The predicted molar refractivity (Wildman–Crippen MR) is 105 cm³/mol. The van der Waals surface area contributed by atoms with Gasteiger partial charge in [0, 0.05) is 30.9 Å². The van der Waals surface area contributed by atoms with Crippen LogP contribution in [0.5, 0.6) is 0 Å². The van der Waals surface area contributed by atoms with Crippen molar-refractivity contribution in [2.75, 3.05) is 24.3 Å². The third kappa shape index (κ3) is 3.69. The Kier molecular flexibility index (Phi) is 4.62. The second kappa shape index (κ2) is 7.23. The van der Waals surface area contributed by atoms with Gasteiger partial charge in [-0.2, -0.15) is 0 Å². The zero-order valence-electron chi connectivity index (χ0n) is 15.5. The number of benzene rings is 2. The predicted octanol–water partition coefficient (Wildman–Crippen LogP) is 3.93.